The van der Waals surface area contributed by atoms with Crippen LogP contribution in [0.1, 0.15) is 24.8 Å². The van der Waals surface area contributed by atoms with Crippen LogP contribution in [-0.2, 0) is 0 Å². The lowest BCUT2D eigenvalue weighted by atomic mass is 10.1. The molecule has 1 N–H and O–H groups in total. The first-order valence-electron chi connectivity index (χ1n) is 6.65. The van der Waals surface area contributed by atoms with Crippen LogP contribution in [0, 0.1) is 6.92 Å². The van der Waals surface area contributed by atoms with Gasteiger partial charge in [-0.25, -0.2) is 4.98 Å². The maximum absolute atomic E-state index is 9.25. The molecular formula is C15H18BrNO2S. The van der Waals surface area contributed by atoms with Crippen molar-refractivity contribution in [2.75, 3.05) is 6.61 Å². The fourth-order valence-corrected chi connectivity index (χ4v) is 3.65. The van der Waals surface area contributed by atoms with Crippen molar-refractivity contribution in [3.8, 4) is 17.0 Å². The van der Waals surface area contributed by atoms with Gasteiger partial charge >= 0.3 is 0 Å². The third-order valence-corrected chi connectivity index (χ3v) is 4.56. The lowest BCUT2D eigenvalue weighted by Gasteiger charge is -2.16. The van der Waals surface area contributed by atoms with Crippen molar-refractivity contribution < 1.29 is 9.84 Å². The molecule has 5 heteroatoms. The third-order valence-electron chi connectivity index (χ3n) is 2.94. The molecule has 0 saturated carbocycles. The number of nitrogens with zero attached hydrogens (tertiary/aromatic N) is 1. The highest BCUT2D eigenvalue weighted by atomic mass is 79.9. The Hall–Kier alpha value is -0.910. The molecule has 0 fully saturated rings. The predicted octanol–water partition coefficient (Wildman–Crippen LogP) is 4.42. The van der Waals surface area contributed by atoms with E-state index in [1.165, 1.54) is 0 Å². The average Bonchev–Trinajstić information content (AvgIpc) is 2.78. The third kappa shape index (κ3) is 3.81. The molecule has 2 aromatic rings. The van der Waals surface area contributed by atoms with Crippen LogP contribution in [0.2, 0.25) is 0 Å². The minimum absolute atomic E-state index is 0.0480. The van der Waals surface area contributed by atoms with Crippen molar-refractivity contribution in [2.24, 2.45) is 0 Å². The van der Waals surface area contributed by atoms with Gasteiger partial charge in [-0.15, -0.1) is 11.3 Å². The van der Waals surface area contributed by atoms with E-state index in [9.17, 15) is 5.11 Å². The molecule has 0 radical (unpaired) electrons. The van der Waals surface area contributed by atoms with Gasteiger partial charge in [0.25, 0.3) is 0 Å². The standard InChI is InChI=1S/C15H18BrNO2S/c1-3-4-13(9-18)19-12-7-5-11(6-8-12)14-15(16)20-10(2)17-14/h5-8,13,18H,3-4,9H2,1-2H3. The van der Waals surface area contributed by atoms with Gasteiger partial charge < -0.3 is 9.84 Å². The molecule has 0 saturated heterocycles. The highest BCUT2D eigenvalue weighted by Crippen LogP contribution is 2.33. The topological polar surface area (TPSA) is 42.4 Å². The van der Waals surface area contributed by atoms with Crippen molar-refractivity contribution in [1.29, 1.82) is 0 Å². The molecule has 1 heterocycles. The molecule has 0 spiro atoms. The zero-order valence-corrected chi connectivity index (χ0v) is 14.0. The SMILES string of the molecule is CCCC(CO)Oc1ccc(-c2nc(C)sc2Br)cc1. The largest absolute Gasteiger partial charge is 0.488 e. The molecule has 1 aromatic carbocycles. The maximum Gasteiger partial charge on any atom is 0.122 e. The molecule has 20 heavy (non-hydrogen) atoms. The van der Waals surface area contributed by atoms with Crippen LogP contribution < -0.4 is 4.74 Å². The lowest BCUT2D eigenvalue weighted by Crippen LogP contribution is -2.20. The van der Waals surface area contributed by atoms with Crippen LogP contribution >= 0.6 is 27.3 Å². The number of halogens is 1. The summed E-state index contributed by atoms with van der Waals surface area (Å²) in [5.41, 5.74) is 2.02. The van der Waals surface area contributed by atoms with Crippen LogP contribution in [0.4, 0.5) is 0 Å². The number of aryl methyl sites for hydroxylation is 1. The second kappa shape index (κ2) is 7.20. The molecule has 108 valence electrons. The summed E-state index contributed by atoms with van der Waals surface area (Å²) in [6.45, 7) is 4.12. The molecule has 2 rings (SSSR count). The summed E-state index contributed by atoms with van der Waals surface area (Å²) in [4.78, 5) is 4.51. The Kier molecular flexibility index (Phi) is 5.57. The van der Waals surface area contributed by atoms with Gasteiger partial charge in [-0.1, -0.05) is 13.3 Å². The van der Waals surface area contributed by atoms with Gasteiger partial charge in [0.05, 0.1) is 21.1 Å². The quantitative estimate of drug-likeness (QED) is 0.833. The van der Waals surface area contributed by atoms with E-state index in [1.54, 1.807) is 11.3 Å². The molecule has 0 aliphatic heterocycles. The Labute approximate surface area is 131 Å². The number of ether oxygens (including phenoxy) is 1. The van der Waals surface area contributed by atoms with Gasteiger partial charge in [-0.05, 0) is 53.5 Å². The second-order valence-corrected chi connectivity index (χ2v) is 7.11. The summed E-state index contributed by atoms with van der Waals surface area (Å²) in [6.07, 6.45) is 1.72. The normalized spacial score (nSPS) is 12.4. The summed E-state index contributed by atoms with van der Waals surface area (Å²) in [5, 5.41) is 10.3. The van der Waals surface area contributed by atoms with Crippen molar-refractivity contribution in [1.82, 2.24) is 4.98 Å². The van der Waals surface area contributed by atoms with Crippen molar-refractivity contribution in [2.45, 2.75) is 32.8 Å². The Morgan fingerprint density at radius 3 is 2.55 bits per heavy atom. The first-order chi connectivity index (χ1) is 9.63. The number of hydrogen-bond donors (Lipinski definition) is 1. The number of hydrogen-bond acceptors (Lipinski definition) is 4. The van der Waals surface area contributed by atoms with Crippen LogP contribution in [0.25, 0.3) is 11.3 Å². The zero-order valence-electron chi connectivity index (χ0n) is 11.6. The average molecular weight is 356 g/mol. The monoisotopic (exact) mass is 355 g/mol. The molecule has 1 unspecified atom stereocenters. The smallest absolute Gasteiger partial charge is 0.122 e. The van der Waals surface area contributed by atoms with Crippen molar-refractivity contribution in [3.05, 3.63) is 33.1 Å². The number of aliphatic hydroxyl groups is 1. The van der Waals surface area contributed by atoms with E-state index in [0.717, 1.165) is 38.6 Å². The first-order valence-corrected chi connectivity index (χ1v) is 8.25. The van der Waals surface area contributed by atoms with Crippen LogP contribution in [-0.4, -0.2) is 22.8 Å². The summed E-state index contributed by atoms with van der Waals surface area (Å²) in [7, 11) is 0. The predicted molar refractivity (Wildman–Crippen MR) is 86.4 cm³/mol. The summed E-state index contributed by atoms with van der Waals surface area (Å²) in [5.74, 6) is 0.782. The molecule has 0 amide bonds. The fraction of sp³-hybridized carbons (Fsp3) is 0.400. The molecule has 3 nitrogen and oxygen atoms in total. The number of aromatic nitrogens is 1. The summed E-state index contributed by atoms with van der Waals surface area (Å²) < 4.78 is 6.80. The Balaban J connectivity index is 2.12. The molecule has 0 aliphatic rings. The van der Waals surface area contributed by atoms with Gasteiger partial charge in [0, 0.05) is 5.56 Å². The van der Waals surface area contributed by atoms with Gasteiger partial charge in [0.2, 0.25) is 0 Å². The highest BCUT2D eigenvalue weighted by Gasteiger charge is 2.11. The molecule has 0 bridgehead atoms. The Bertz CT molecular complexity index is 554. The van der Waals surface area contributed by atoms with E-state index < -0.39 is 0 Å². The molecular weight excluding hydrogens is 338 g/mol. The van der Waals surface area contributed by atoms with Crippen molar-refractivity contribution >= 4 is 27.3 Å². The van der Waals surface area contributed by atoms with Crippen LogP contribution in [0.15, 0.2) is 28.1 Å². The van der Waals surface area contributed by atoms with Crippen LogP contribution in [0.5, 0.6) is 5.75 Å². The van der Waals surface area contributed by atoms with E-state index in [2.05, 4.69) is 27.8 Å². The Morgan fingerprint density at radius 2 is 2.05 bits per heavy atom. The van der Waals surface area contributed by atoms with Gasteiger partial charge in [-0.2, -0.15) is 0 Å². The second-order valence-electron chi connectivity index (χ2n) is 4.59. The molecule has 1 aromatic heterocycles. The fourth-order valence-electron chi connectivity index (χ4n) is 1.97. The van der Waals surface area contributed by atoms with E-state index in [0.29, 0.717) is 0 Å². The van der Waals surface area contributed by atoms with E-state index >= 15 is 0 Å². The van der Waals surface area contributed by atoms with E-state index in [4.69, 9.17) is 4.74 Å². The van der Waals surface area contributed by atoms with Gasteiger partial charge in [0.1, 0.15) is 11.9 Å². The zero-order chi connectivity index (χ0) is 14.5. The summed E-state index contributed by atoms with van der Waals surface area (Å²) >= 11 is 5.17. The number of aliphatic hydroxyl groups excluding tert-OH is 1. The maximum atomic E-state index is 9.25. The number of thiazole rings is 1. The minimum atomic E-state index is -0.126. The van der Waals surface area contributed by atoms with Crippen molar-refractivity contribution in [3.63, 3.8) is 0 Å². The highest BCUT2D eigenvalue weighted by molar-refractivity contribution is 9.11. The van der Waals surface area contributed by atoms with E-state index in [-0.39, 0.29) is 12.7 Å². The van der Waals surface area contributed by atoms with Gasteiger partial charge in [0.15, 0.2) is 0 Å². The van der Waals surface area contributed by atoms with Gasteiger partial charge in [-0.3, -0.25) is 0 Å². The number of benzene rings is 1. The summed E-state index contributed by atoms with van der Waals surface area (Å²) in [6, 6.07) is 7.84. The Morgan fingerprint density at radius 1 is 1.35 bits per heavy atom. The molecule has 0 aliphatic carbocycles. The lowest BCUT2D eigenvalue weighted by molar-refractivity contribution is 0.108. The van der Waals surface area contributed by atoms with E-state index in [1.807, 2.05) is 31.2 Å². The molecule has 1 atom stereocenters. The number of rotatable bonds is 6. The van der Waals surface area contributed by atoms with Crippen LogP contribution in [0.3, 0.4) is 0 Å². The first kappa shape index (κ1) is 15.5. The minimum Gasteiger partial charge on any atom is -0.488 e.